The Labute approximate surface area is 210 Å². The molecule has 1 unspecified atom stereocenters. The average molecular weight is 492 g/mol. The fourth-order valence-corrected chi connectivity index (χ4v) is 3.76. The number of amides is 2. The van der Waals surface area contributed by atoms with E-state index in [0.717, 1.165) is 12.2 Å². The van der Waals surface area contributed by atoms with Crippen LogP contribution in [0.4, 0.5) is 10.5 Å². The maximum atomic E-state index is 12.3. The van der Waals surface area contributed by atoms with Crippen LogP contribution in [-0.4, -0.2) is 41.6 Å². The Balaban J connectivity index is 1.39. The van der Waals surface area contributed by atoms with Crippen LogP contribution >= 0.6 is 0 Å². The van der Waals surface area contributed by atoms with Crippen molar-refractivity contribution in [1.82, 2.24) is 4.90 Å². The molecule has 0 saturated carbocycles. The van der Waals surface area contributed by atoms with Crippen molar-refractivity contribution in [2.75, 3.05) is 18.4 Å². The summed E-state index contributed by atoms with van der Waals surface area (Å²) in [4.78, 5) is 29.1. The molecule has 0 aliphatic carbocycles. The van der Waals surface area contributed by atoms with Gasteiger partial charge in [0.05, 0.1) is 0 Å². The average Bonchev–Trinajstić information content (AvgIpc) is 3.29. The summed E-state index contributed by atoms with van der Waals surface area (Å²) in [6.45, 7) is 6.61. The smallest absolute Gasteiger partial charge is 0.410 e. The lowest BCUT2D eigenvalue weighted by Crippen LogP contribution is -2.36. The molecule has 9 nitrogen and oxygen atoms in total. The van der Waals surface area contributed by atoms with E-state index in [1.54, 1.807) is 41.4 Å². The Morgan fingerprint density at radius 3 is 2.28 bits per heavy atom. The molecule has 1 atom stereocenters. The largest absolute Gasteiger partial charge is 0.457 e. The Hall–Kier alpha value is -4.27. The lowest BCUT2D eigenvalue weighted by Gasteiger charge is -2.24. The van der Waals surface area contributed by atoms with Gasteiger partial charge in [0.2, 0.25) is 0 Å². The third-order valence-electron chi connectivity index (χ3n) is 5.40. The quantitative estimate of drug-likeness (QED) is 0.499. The number of H-pyrrole nitrogens is 1. The van der Waals surface area contributed by atoms with Crippen LogP contribution in [0.1, 0.15) is 37.6 Å². The van der Waals surface area contributed by atoms with E-state index < -0.39 is 11.5 Å². The summed E-state index contributed by atoms with van der Waals surface area (Å²) < 4.78 is 17.1. The number of carbonyl (C=O) groups is 2. The van der Waals surface area contributed by atoms with Gasteiger partial charge in [-0.25, -0.2) is 4.79 Å². The normalized spacial score (nSPS) is 15.3. The van der Waals surface area contributed by atoms with Gasteiger partial charge in [-0.3, -0.25) is 4.79 Å². The van der Waals surface area contributed by atoms with Gasteiger partial charge in [0, 0.05) is 19.1 Å². The number of primary amides is 1. The number of pyridine rings is 1. The minimum atomic E-state index is -0.629. The summed E-state index contributed by atoms with van der Waals surface area (Å²) in [5.74, 6) is 1.50. The van der Waals surface area contributed by atoms with Gasteiger partial charge in [0.25, 0.3) is 5.91 Å². The molecule has 0 spiro atoms. The highest BCUT2D eigenvalue weighted by Crippen LogP contribution is 2.27. The Morgan fingerprint density at radius 1 is 1.00 bits per heavy atom. The van der Waals surface area contributed by atoms with Crippen molar-refractivity contribution < 1.29 is 28.8 Å². The molecule has 0 radical (unpaired) electrons. The second-order valence-corrected chi connectivity index (χ2v) is 9.54. The van der Waals surface area contributed by atoms with Gasteiger partial charge in [-0.05, 0) is 69.7 Å². The minimum absolute atomic E-state index is 0.00979. The minimum Gasteiger partial charge on any atom is -0.457 e. The standard InChI is InChI=1S/C27H30N4O5/c1-27(2,3)36-26(33)31-14-13-18(17-31)30-19-15-23(24(28)32)25(29-16-19)35-22-11-9-21(10-12-22)34-20-7-5-4-6-8-20/h4-12,15-16,18,30H,13-14,17H2,1-3H3,(H2,28,32)/p+1. The van der Waals surface area contributed by atoms with Gasteiger partial charge in [-0.1, -0.05) is 18.2 Å². The van der Waals surface area contributed by atoms with Crippen LogP contribution in [-0.2, 0) is 4.74 Å². The SMILES string of the molecule is CC(C)(C)OC(=O)N1CCC(Nc2c[nH+]c(Oc3ccc(Oc4ccccc4)cc3)c(C(N)=O)c2)C1. The third kappa shape index (κ3) is 6.65. The first kappa shape index (κ1) is 24.8. The summed E-state index contributed by atoms with van der Waals surface area (Å²) in [7, 11) is 0. The molecule has 2 aromatic carbocycles. The number of aromatic nitrogens is 1. The van der Waals surface area contributed by atoms with Crippen LogP contribution in [0.5, 0.6) is 23.1 Å². The third-order valence-corrected chi connectivity index (χ3v) is 5.40. The van der Waals surface area contributed by atoms with Gasteiger partial charge < -0.3 is 30.2 Å². The van der Waals surface area contributed by atoms with Crippen molar-refractivity contribution in [2.24, 2.45) is 5.73 Å². The Bertz CT molecular complexity index is 1210. The molecule has 1 aliphatic heterocycles. The number of hydrogen-bond donors (Lipinski definition) is 2. The molecule has 9 heteroatoms. The van der Waals surface area contributed by atoms with Gasteiger partial charge in [-0.2, -0.15) is 4.98 Å². The number of ether oxygens (including phenoxy) is 3. The van der Waals surface area contributed by atoms with E-state index in [1.807, 2.05) is 51.1 Å². The van der Waals surface area contributed by atoms with Crippen LogP contribution in [0.2, 0.25) is 0 Å². The van der Waals surface area contributed by atoms with Crippen molar-refractivity contribution in [3.63, 3.8) is 0 Å². The molecule has 4 rings (SSSR count). The van der Waals surface area contributed by atoms with Gasteiger partial charge in [0.15, 0.2) is 11.8 Å². The molecule has 1 saturated heterocycles. The maximum absolute atomic E-state index is 12.3. The van der Waals surface area contributed by atoms with E-state index in [4.69, 9.17) is 19.9 Å². The predicted molar refractivity (Wildman–Crippen MR) is 134 cm³/mol. The van der Waals surface area contributed by atoms with Crippen LogP contribution in [0.25, 0.3) is 0 Å². The number of benzene rings is 2. The monoisotopic (exact) mass is 491 g/mol. The van der Waals surface area contributed by atoms with Gasteiger partial charge >= 0.3 is 12.0 Å². The van der Waals surface area contributed by atoms with Gasteiger partial charge in [0.1, 0.15) is 28.5 Å². The highest BCUT2D eigenvalue weighted by molar-refractivity contribution is 5.95. The number of nitrogens with zero attached hydrogens (tertiary/aromatic N) is 1. The number of hydrogen-bond acceptors (Lipinski definition) is 6. The van der Waals surface area contributed by atoms with Crippen molar-refractivity contribution >= 4 is 17.7 Å². The van der Waals surface area contributed by atoms with Crippen molar-refractivity contribution in [1.29, 1.82) is 0 Å². The summed E-state index contributed by atoms with van der Waals surface area (Å²) in [5, 5.41) is 3.34. The van der Waals surface area contributed by atoms with E-state index >= 15 is 0 Å². The zero-order valence-electron chi connectivity index (χ0n) is 20.6. The molecular formula is C27H31N4O5+. The molecule has 188 valence electrons. The van der Waals surface area contributed by atoms with Crippen molar-refractivity contribution in [3.05, 3.63) is 72.4 Å². The maximum Gasteiger partial charge on any atom is 0.410 e. The molecule has 4 N–H and O–H groups in total. The molecular weight excluding hydrogens is 460 g/mol. The van der Waals surface area contributed by atoms with Crippen LogP contribution in [0.15, 0.2) is 66.9 Å². The summed E-state index contributed by atoms with van der Waals surface area (Å²) in [6.07, 6.45) is 2.12. The van der Waals surface area contributed by atoms with E-state index in [-0.39, 0.29) is 23.6 Å². The van der Waals surface area contributed by atoms with Crippen LogP contribution in [0, 0.1) is 0 Å². The van der Waals surface area contributed by atoms with Crippen LogP contribution in [0.3, 0.4) is 0 Å². The molecule has 2 heterocycles. The number of nitrogens with one attached hydrogen (secondary N) is 2. The van der Waals surface area contributed by atoms with E-state index in [1.165, 1.54) is 0 Å². The molecule has 0 bridgehead atoms. The number of para-hydroxylation sites is 1. The van der Waals surface area contributed by atoms with Crippen LogP contribution < -0.4 is 25.5 Å². The lowest BCUT2D eigenvalue weighted by atomic mass is 10.2. The molecule has 36 heavy (non-hydrogen) atoms. The number of rotatable bonds is 7. The topological polar surface area (TPSA) is 117 Å². The highest BCUT2D eigenvalue weighted by atomic mass is 16.6. The first-order valence-corrected chi connectivity index (χ1v) is 11.8. The fourth-order valence-electron chi connectivity index (χ4n) is 3.76. The summed E-state index contributed by atoms with van der Waals surface area (Å²) in [6, 6.07) is 18.1. The van der Waals surface area contributed by atoms with Crippen molar-refractivity contribution in [3.8, 4) is 23.1 Å². The number of nitrogens with two attached hydrogens (primary N) is 1. The molecule has 2 amide bonds. The number of carbonyl (C=O) groups excluding carboxylic acids is 2. The second kappa shape index (κ2) is 10.6. The van der Waals surface area contributed by atoms with Gasteiger partial charge in [-0.15, -0.1) is 0 Å². The summed E-state index contributed by atoms with van der Waals surface area (Å²) >= 11 is 0. The number of anilines is 1. The zero-order valence-corrected chi connectivity index (χ0v) is 20.6. The predicted octanol–water partition coefficient (Wildman–Crippen LogP) is 4.61. The summed E-state index contributed by atoms with van der Waals surface area (Å²) in [5.41, 5.74) is 5.94. The molecule has 1 aromatic heterocycles. The van der Waals surface area contributed by atoms with E-state index in [0.29, 0.717) is 30.3 Å². The second-order valence-electron chi connectivity index (χ2n) is 9.54. The fraction of sp³-hybridized carbons (Fsp3) is 0.296. The zero-order chi connectivity index (χ0) is 25.7. The first-order valence-electron chi connectivity index (χ1n) is 11.8. The Kier molecular flexibility index (Phi) is 7.28. The first-order chi connectivity index (χ1) is 17.2. The highest BCUT2D eigenvalue weighted by Gasteiger charge is 2.30. The van der Waals surface area contributed by atoms with E-state index in [9.17, 15) is 9.59 Å². The lowest BCUT2D eigenvalue weighted by molar-refractivity contribution is -0.390. The molecule has 1 fully saturated rings. The molecule has 3 aromatic rings. The van der Waals surface area contributed by atoms with E-state index in [2.05, 4.69) is 10.3 Å². The van der Waals surface area contributed by atoms with Crippen molar-refractivity contribution in [2.45, 2.75) is 38.8 Å². The number of aromatic amines is 1. The molecule has 1 aliphatic rings. The number of likely N-dealkylation sites (tertiary alicyclic amines) is 1. The Morgan fingerprint density at radius 2 is 1.64 bits per heavy atom.